The summed E-state index contributed by atoms with van der Waals surface area (Å²) in [6.07, 6.45) is 1.61. The third-order valence-corrected chi connectivity index (χ3v) is 5.74. The van der Waals surface area contributed by atoms with Crippen molar-refractivity contribution >= 4 is 26.6 Å². The number of rotatable bonds is 3. The Balaban J connectivity index is 2.19. The molecule has 0 bridgehead atoms. The first-order chi connectivity index (χ1) is 10.9. The van der Waals surface area contributed by atoms with Crippen molar-refractivity contribution in [1.29, 1.82) is 0 Å². The average Bonchev–Trinajstić information content (AvgIpc) is 2.55. The van der Waals surface area contributed by atoms with E-state index in [1.54, 1.807) is 31.4 Å². The van der Waals surface area contributed by atoms with E-state index < -0.39 is 10.0 Å². The van der Waals surface area contributed by atoms with Gasteiger partial charge in [-0.1, -0.05) is 30.3 Å². The van der Waals surface area contributed by atoms with Crippen LogP contribution in [0.3, 0.4) is 0 Å². The van der Waals surface area contributed by atoms with Crippen LogP contribution in [0.5, 0.6) is 0 Å². The van der Waals surface area contributed by atoms with E-state index in [0.717, 1.165) is 16.5 Å². The largest absolute Gasteiger partial charge is 0.269 e. The van der Waals surface area contributed by atoms with Crippen LogP contribution >= 0.6 is 0 Å². The Hall–Kier alpha value is -2.40. The average molecular weight is 326 g/mol. The molecular formula is C18H18N2O2S. The van der Waals surface area contributed by atoms with E-state index in [1.807, 2.05) is 44.2 Å². The Morgan fingerprint density at radius 3 is 2.52 bits per heavy atom. The number of sulfonamides is 1. The van der Waals surface area contributed by atoms with Crippen LogP contribution < -0.4 is 4.31 Å². The van der Waals surface area contributed by atoms with Gasteiger partial charge >= 0.3 is 0 Å². The Bertz CT molecular complexity index is 976. The lowest BCUT2D eigenvalue weighted by Gasteiger charge is -2.22. The third kappa shape index (κ3) is 2.68. The van der Waals surface area contributed by atoms with Gasteiger partial charge in [0.25, 0.3) is 10.0 Å². The molecule has 3 rings (SSSR count). The molecule has 0 aliphatic carbocycles. The van der Waals surface area contributed by atoms with Gasteiger partial charge in [0.2, 0.25) is 0 Å². The lowest BCUT2D eigenvalue weighted by molar-refractivity contribution is 0.595. The van der Waals surface area contributed by atoms with E-state index >= 15 is 0 Å². The van der Waals surface area contributed by atoms with Crippen molar-refractivity contribution in [2.45, 2.75) is 18.7 Å². The van der Waals surface area contributed by atoms with E-state index in [-0.39, 0.29) is 4.90 Å². The lowest BCUT2D eigenvalue weighted by atomic mass is 10.1. The molecular weight excluding hydrogens is 308 g/mol. The third-order valence-electron chi connectivity index (χ3n) is 3.94. The van der Waals surface area contributed by atoms with Crippen molar-refractivity contribution in [2.24, 2.45) is 0 Å². The molecule has 0 aliphatic heterocycles. The van der Waals surface area contributed by atoms with Gasteiger partial charge in [-0.3, -0.25) is 9.29 Å². The Labute approximate surface area is 136 Å². The van der Waals surface area contributed by atoms with E-state index in [1.165, 1.54) is 4.31 Å². The normalized spacial score (nSPS) is 11.6. The second-order valence-corrected chi connectivity index (χ2v) is 7.53. The van der Waals surface area contributed by atoms with Crippen LogP contribution in [0.4, 0.5) is 5.69 Å². The molecule has 0 fully saturated rings. The summed E-state index contributed by atoms with van der Waals surface area (Å²) < 4.78 is 27.5. The predicted octanol–water partition coefficient (Wildman–Crippen LogP) is 3.68. The summed E-state index contributed by atoms with van der Waals surface area (Å²) in [6, 6.07) is 14.6. The molecule has 23 heavy (non-hydrogen) atoms. The molecule has 5 heteroatoms. The van der Waals surface area contributed by atoms with Gasteiger partial charge in [-0.15, -0.1) is 0 Å². The molecule has 0 spiro atoms. The van der Waals surface area contributed by atoms with Crippen LogP contribution in [0.25, 0.3) is 10.9 Å². The molecule has 0 unspecified atom stereocenters. The molecule has 0 aliphatic rings. The molecule has 2 aromatic carbocycles. The van der Waals surface area contributed by atoms with Crippen molar-refractivity contribution in [3.63, 3.8) is 0 Å². The highest BCUT2D eigenvalue weighted by molar-refractivity contribution is 7.93. The fourth-order valence-electron chi connectivity index (χ4n) is 2.62. The van der Waals surface area contributed by atoms with Gasteiger partial charge in [-0.2, -0.15) is 0 Å². The first-order valence-corrected chi connectivity index (χ1v) is 8.75. The van der Waals surface area contributed by atoms with Gasteiger partial charge in [0.15, 0.2) is 0 Å². The second-order valence-electron chi connectivity index (χ2n) is 5.59. The minimum atomic E-state index is -3.69. The van der Waals surface area contributed by atoms with Crippen LogP contribution in [0.1, 0.15) is 11.1 Å². The maximum atomic E-state index is 13.1. The topological polar surface area (TPSA) is 50.3 Å². The van der Waals surface area contributed by atoms with E-state index in [4.69, 9.17) is 0 Å². The van der Waals surface area contributed by atoms with Gasteiger partial charge in [0, 0.05) is 18.6 Å². The number of aromatic nitrogens is 1. The van der Waals surface area contributed by atoms with Gasteiger partial charge in [0.1, 0.15) is 4.90 Å². The number of hydrogen-bond acceptors (Lipinski definition) is 3. The fourth-order valence-corrected chi connectivity index (χ4v) is 4.04. The molecule has 0 radical (unpaired) electrons. The van der Waals surface area contributed by atoms with E-state index in [0.29, 0.717) is 11.2 Å². The van der Waals surface area contributed by atoms with Crippen molar-refractivity contribution in [3.05, 3.63) is 65.9 Å². The Kier molecular flexibility index (Phi) is 3.82. The molecule has 0 atom stereocenters. The summed E-state index contributed by atoms with van der Waals surface area (Å²) in [7, 11) is -2.10. The van der Waals surface area contributed by atoms with Crippen LogP contribution in [0.2, 0.25) is 0 Å². The minimum Gasteiger partial charge on any atom is -0.269 e. The fraction of sp³-hybridized carbons (Fsp3) is 0.167. The first kappa shape index (κ1) is 15.5. The number of hydrogen-bond donors (Lipinski definition) is 0. The quantitative estimate of drug-likeness (QED) is 0.738. The smallest absolute Gasteiger partial charge is 0.266 e. The van der Waals surface area contributed by atoms with E-state index in [2.05, 4.69) is 4.98 Å². The van der Waals surface area contributed by atoms with Crippen molar-refractivity contribution in [3.8, 4) is 0 Å². The highest BCUT2D eigenvalue weighted by Gasteiger charge is 2.25. The van der Waals surface area contributed by atoms with Gasteiger partial charge < -0.3 is 0 Å². The van der Waals surface area contributed by atoms with Crippen molar-refractivity contribution in [1.82, 2.24) is 4.98 Å². The molecule has 0 amide bonds. The Morgan fingerprint density at radius 2 is 1.74 bits per heavy atom. The molecule has 1 heterocycles. The van der Waals surface area contributed by atoms with Crippen LogP contribution in [0, 0.1) is 13.8 Å². The molecule has 0 saturated carbocycles. The number of pyridine rings is 1. The molecule has 118 valence electrons. The number of anilines is 1. The molecule has 3 aromatic rings. The van der Waals surface area contributed by atoms with Gasteiger partial charge in [-0.25, -0.2) is 8.42 Å². The minimum absolute atomic E-state index is 0.221. The zero-order chi connectivity index (χ0) is 16.6. The van der Waals surface area contributed by atoms with Crippen LogP contribution in [-0.4, -0.2) is 20.4 Å². The summed E-state index contributed by atoms with van der Waals surface area (Å²) in [6.45, 7) is 3.85. The SMILES string of the molecule is Cc1ccc(C)c(N(C)S(=O)(=O)c2cccc3cccnc23)c1. The monoisotopic (exact) mass is 326 g/mol. The first-order valence-electron chi connectivity index (χ1n) is 7.31. The maximum Gasteiger partial charge on any atom is 0.266 e. The van der Waals surface area contributed by atoms with Crippen molar-refractivity contribution in [2.75, 3.05) is 11.4 Å². The zero-order valence-electron chi connectivity index (χ0n) is 13.3. The van der Waals surface area contributed by atoms with Crippen LogP contribution in [0.15, 0.2) is 59.6 Å². The summed E-state index contributed by atoms with van der Waals surface area (Å²) in [5, 5.41) is 0.808. The number of fused-ring (bicyclic) bond motifs is 1. The lowest BCUT2D eigenvalue weighted by Crippen LogP contribution is -2.27. The van der Waals surface area contributed by atoms with Crippen molar-refractivity contribution < 1.29 is 8.42 Å². The summed E-state index contributed by atoms with van der Waals surface area (Å²) in [4.78, 5) is 4.48. The second kappa shape index (κ2) is 5.66. The van der Waals surface area contributed by atoms with E-state index in [9.17, 15) is 8.42 Å². The summed E-state index contributed by atoms with van der Waals surface area (Å²) in [5.41, 5.74) is 3.10. The maximum absolute atomic E-state index is 13.1. The molecule has 1 aromatic heterocycles. The number of aryl methyl sites for hydroxylation is 2. The summed E-state index contributed by atoms with van der Waals surface area (Å²) >= 11 is 0. The highest BCUT2D eigenvalue weighted by Crippen LogP contribution is 2.29. The van der Waals surface area contributed by atoms with Gasteiger partial charge in [0.05, 0.1) is 11.2 Å². The summed E-state index contributed by atoms with van der Waals surface area (Å²) in [5.74, 6) is 0. The van der Waals surface area contributed by atoms with Crippen LogP contribution in [-0.2, 0) is 10.0 Å². The highest BCUT2D eigenvalue weighted by atomic mass is 32.2. The van der Waals surface area contributed by atoms with Gasteiger partial charge in [-0.05, 0) is 43.2 Å². The number of benzene rings is 2. The zero-order valence-corrected chi connectivity index (χ0v) is 14.1. The predicted molar refractivity (Wildman–Crippen MR) is 93.2 cm³/mol. The Morgan fingerprint density at radius 1 is 1.00 bits per heavy atom. The standard InChI is InChI=1S/C18H18N2O2S/c1-13-9-10-14(2)16(12-13)20(3)23(21,22)17-8-4-6-15-7-5-11-19-18(15)17/h4-12H,1-3H3. The number of para-hydroxylation sites is 1. The molecule has 0 saturated heterocycles. The molecule has 4 nitrogen and oxygen atoms in total. The number of nitrogens with zero attached hydrogens (tertiary/aromatic N) is 2. The molecule has 0 N–H and O–H groups in total.